The number of nitrogens with zero attached hydrogens (tertiary/aromatic N) is 3. The highest BCUT2D eigenvalue weighted by molar-refractivity contribution is 5.95. The molecule has 4 rings (SSSR count). The Morgan fingerprint density at radius 3 is 2.46 bits per heavy atom. The molecule has 3 aromatic rings. The van der Waals surface area contributed by atoms with Crippen molar-refractivity contribution in [3.05, 3.63) is 66.1 Å². The molecule has 26 heavy (non-hydrogen) atoms. The molecule has 0 bridgehead atoms. The highest BCUT2D eigenvalue weighted by atomic mass is 16.5. The van der Waals surface area contributed by atoms with Crippen molar-refractivity contribution < 1.29 is 13.9 Å². The number of amides is 1. The zero-order valence-corrected chi connectivity index (χ0v) is 14.5. The Morgan fingerprint density at radius 1 is 1.15 bits per heavy atom. The van der Waals surface area contributed by atoms with Crippen LogP contribution in [0.2, 0.25) is 0 Å². The van der Waals surface area contributed by atoms with Gasteiger partial charge in [0.15, 0.2) is 0 Å². The first-order chi connectivity index (χ1) is 12.7. The lowest BCUT2D eigenvalue weighted by molar-refractivity contribution is 0.0730. The standard InChI is InChI=1S/C20H19N3O3/c1-25-18-10-2-14(3-11-18)12-23(17-8-9-17)20(24)16-6-4-15(5-7-16)19-22-21-13-26-19/h2-7,10-11,13,17H,8-9,12H2,1H3. The Labute approximate surface area is 151 Å². The molecule has 1 fully saturated rings. The van der Waals surface area contributed by atoms with Crippen LogP contribution in [-0.4, -0.2) is 34.2 Å². The maximum absolute atomic E-state index is 13.0. The minimum atomic E-state index is 0.0420. The van der Waals surface area contributed by atoms with Gasteiger partial charge in [-0.05, 0) is 54.8 Å². The number of hydrogen-bond acceptors (Lipinski definition) is 5. The summed E-state index contributed by atoms with van der Waals surface area (Å²) in [6.45, 7) is 0.596. The van der Waals surface area contributed by atoms with Gasteiger partial charge in [-0.25, -0.2) is 0 Å². The molecule has 0 spiro atoms. The molecule has 0 radical (unpaired) electrons. The number of hydrogen-bond donors (Lipinski definition) is 0. The van der Waals surface area contributed by atoms with E-state index in [1.54, 1.807) is 7.11 Å². The van der Waals surface area contributed by atoms with Crippen molar-refractivity contribution in [3.63, 3.8) is 0 Å². The van der Waals surface area contributed by atoms with Gasteiger partial charge in [0.05, 0.1) is 7.11 Å². The molecule has 0 aliphatic heterocycles. The van der Waals surface area contributed by atoms with E-state index in [0.29, 0.717) is 24.0 Å². The van der Waals surface area contributed by atoms with E-state index < -0.39 is 0 Å². The second-order valence-corrected chi connectivity index (χ2v) is 6.33. The van der Waals surface area contributed by atoms with E-state index in [0.717, 1.165) is 29.7 Å². The number of carbonyl (C=O) groups excluding carboxylic acids is 1. The Hall–Kier alpha value is -3.15. The molecule has 2 aromatic carbocycles. The third-order valence-electron chi connectivity index (χ3n) is 4.50. The van der Waals surface area contributed by atoms with Crippen LogP contribution in [0, 0.1) is 0 Å². The maximum atomic E-state index is 13.0. The van der Waals surface area contributed by atoms with Crippen LogP contribution >= 0.6 is 0 Å². The fourth-order valence-corrected chi connectivity index (χ4v) is 2.90. The summed E-state index contributed by atoms with van der Waals surface area (Å²) in [4.78, 5) is 14.9. The SMILES string of the molecule is COc1ccc(CN(C(=O)c2ccc(-c3nnco3)cc2)C2CC2)cc1. The van der Waals surface area contributed by atoms with Crippen molar-refractivity contribution >= 4 is 5.91 Å². The zero-order chi connectivity index (χ0) is 17.9. The molecule has 1 aromatic heterocycles. The molecular formula is C20H19N3O3. The lowest BCUT2D eigenvalue weighted by Crippen LogP contribution is -2.32. The molecule has 0 N–H and O–H groups in total. The van der Waals surface area contributed by atoms with E-state index >= 15 is 0 Å². The van der Waals surface area contributed by atoms with Crippen LogP contribution < -0.4 is 4.74 Å². The number of carbonyl (C=O) groups is 1. The average molecular weight is 349 g/mol. The van der Waals surface area contributed by atoms with E-state index in [-0.39, 0.29) is 5.91 Å². The summed E-state index contributed by atoms with van der Waals surface area (Å²) in [6, 6.07) is 15.4. The summed E-state index contributed by atoms with van der Waals surface area (Å²) in [5.74, 6) is 1.30. The van der Waals surface area contributed by atoms with E-state index in [1.807, 2.05) is 53.4 Å². The number of aromatic nitrogens is 2. The molecule has 132 valence electrons. The highest BCUT2D eigenvalue weighted by Gasteiger charge is 2.33. The van der Waals surface area contributed by atoms with Gasteiger partial charge in [-0.2, -0.15) is 0 Å². The van der Waals surface area contributed by atoms with Crippen molar-refractivity contribution in [2.75, 3.05) is 7.11 Å². The molecule has 6 heteroatoms. The molecule has 1 saturated carbocycles. The second-order valence-electron chi connectivity index (χ2n) is 6.33. The summed E-state index contributed by atoms with van der Waals surface area (Å²) in [5, 5.41) is 7.56. The summed E-state index contributed by atoms with van der Waals surface area (Å²) in [6.07, 6.45) is 3.40. The van der Waals surface area contributed by atoms with Gasteiger partial charge in [-0.3, -0.25) is 4.79 Å². The van der Waals surface area contributed by atoms with Crippen LogP contribution in [0.3, 0.4) is 0 Å². The molecular weight excluding hydrogens is 330 g/mol. The van der Waals surface area contributed by atoms with Gasteiger partial charge in [-0.15, -0.1) is 10.2 Å². The van der Waals surface area contributed by atoms with Crippen LogP contribution in [0.25, 0.3) is 11.5 Å². The van der Waals surface area contributed by atoms with Crippen LogP contribution in [0.1, 0.15) is 28.8 Å². The predicted molar refractivity (Wildman–Crippen MR) is 95.6 cm³/mol. The molecule has 1 aliphatic carbocycles. The first-order valence-corrected chi connectivity index (χ1v) is 8.55. The van der Waals surface area contributed by atoms with Crippen LogP contribution in [-0.2, 0) is 6.54 Å². The van der Waals surface area contributed by atoms with Gasteiger partial charge in [0.1, 0.15) is 5.75 Å². The minimum absolute atomic E-state index is 0.0420. The largest absolute Gasteiger partial charge is 0.497 e. The average Bonchev–Trinajstić information content (AvgIpc) is 3.39. The van der Waals surface area contributed by atoms with E-state index in [2.05, 4.69) is 10.2 Å². The lowest BCUT2D eigenvalue weighted by atomic mass is 10.1. The number of benzene rings is 2. The summed E-state index contributed by atoms with van der Waals surface area (Å²) in [5.41, 5.74) is 2.55. The van der Waals surface area contributed by atoms with E-state index in [4.69, 9.17) is 9.15 Å². The topological polar surface area (TPSA) is 68.5 Å². The third-order valence-corrected chi connectivity index (χ3v) is 4.50. The van der Waals surface area contributed by atoms with Gasteiger partial charge in [0, 0.05) is 23.7 Å². The van der Waals surface area contributed by atoms with E-state index in [1.165, 1.54) is 6.39 Å². The molecule has 6 nitrogen and oxygen atoms in total. The Bertz CT molecular complexity index is 870. The van der Waals surface area contributed by atoms with Crippen LogP contribution in [0.15, 0.2) is 59.3 Å². The van der Waals surface area contributed by atoms with Crippen LogP contribution in [0.4, 0.5) is 0 Å². The molecule has 0 saturated heterocycles. The van der Waals surface area contributed by atoms with Crippen LogP contribution in [0.5, 0.6) is 5.75 Å². The van der Waals surface area contributed by atoms with Gasteiger partial charge < -0.3 is 14.1 Å². The Kier molecular flexibility index (Phi) is 4.39. The quantitative estimate of drug-likeness (QED) is 0.681. The molecule has 0 atom stereocenters. The van der Waals surface area contributed by atoms with Crippen molar-refractivity contribution in [3.8, 4) is 17.2 Å². The molecule has 1 heterocycles. The van der Waals surface area contributed by atoms with Crippen molar-refractivity contribution in [1.29, 1.82) is 0 Å². The first-order valence-electron chi connectivity index (χ1n) is 8.55. The number of rotatable bonds is 6. The molecule has 1 aliphatic rings. The molecule has 0 unspecified atom stereocenters. The van der Waals surface area contributed by atoms with Gasteiger partial charge in [-0.1, -0.05) is 12.1 Å². The Balaban J connectivity index is 1.51. The first kappa shape index (κ1) is 16.3. The fraction of sp³-hybridized carbons (Fsp3) is 0.250. The van der Waals surface area contributed by atoms with Crippen molar-refractivity contribution in [1.82, 2.24) is 15.1 Å². The fourth-order valence-electron chi connectivity index (χ4n) is 2.90. The number of ether oxygens (including phenoxy) is 1. The molecule has 1 amide bonds. The normalized spacial score (nSPS) is 13.4. The van der Waals surface area contributed by atoms with Crippen molar-refractivity contribution in [2.24, 2.45) is 0 Å². The zero-order valence-electron chi connectivity index (χ0n) is 14.5. The lowest BCUT2D eigenvalue weighted by Gasteiger charge is -2.23. The summed E-state index contributed by atoms with van der Waals surface area (Å²) >= 11 is 0. The highest BCUT2D eigenvalue weighted by Crippen LogP contribution is 2.30. The van der Waals surface area contributed by atoms with Gasteiger partial charge in [0.2, 0.25) is 12.3 Å². The van der Waals surface area contributed by atoms with Crippen molar-refractivity contribution in [2.45, 2.75) is 25.4 Å². The maximum Gasteiger partial charge on any atom is 0.254 e. The smallest absolute Gasteiger partial charge is 0.254 e. The second kappa shape index (κ2) is 7.00. The number of methoxy groups -OCH3 is 1. The van der Waals surface area contributed by atoms with Gasteiger partial charge >= 0.3 is 0 Å². The third kappa shape index (κ3) is 3.44. The monoisotopic (exact) mass is 349 g/mol. The van der Waals surface area contributed by atoms with Gasteiger partial charge in [0.25, 0.3) is 5.91 Å². The minimum Gasteiger partial charge on any atom is -0.497 e. The predicted octanol–water partition coefficient (Wildman–Crippen LogP) is 3.55. The summed E-state index contributed by atoms with van der Waals surface area (Å²) in [7, 11) is 1.65. The Morgan fingerprint density at radius 2 is 1.88 bits per heavy atom. The van der Waals surface area contributed by atoms with E-state index in [9.17, 15) is 4.79 Å². The summed E-state index contributed by atoms with van der Waals surface area (Å²) < 4.78 is 10.4.